The molecule has 0 aromatic carbocycles. The summed E-state index contributed by atoms with van der Waals surface area (Å²) in [6, 6.07) is 0. The fourth-order valence-corrected chi connectivity index (χ4v) is 0.611. The van der Waals surface area contributed by atoms with Crippen LogP contribution in [0.5, 0.6) is 0 Å². The standard InChI is InChI=1S/C6H13ClN2/c1-9(6-4-8)5-2-3-7/h2-3H,4-6,8H2,1H3. The average molecular weight is 149 g/mol. The van der Waals surface area contributed by atoms with Crippen LogP contribution in [-0.4, -0.2) is 31.6 Å². The van der Waals surface area contributed by atoms with Gasteiger partial charge in [0, 0.05) is 25.2 Å². The van der Waals surface area contributed by atoms with Crippen molar-refractivity contribution in [2.75, 3.05) is 26.7 Å². The van der Waals surface area contributed by atoms with Crippen LogP contribution in [0, 0.1) is 0 Å². The maximum absolute atomic E-state index is 5.31. The van der Waals surface area contributed by atoms with Gasteiger partial charge in [-0.1, -0.05) is 17.7 Å². The van der Waals surface area contributed by atoms with Crippen molar-refractivity contribution < 1.29 is 0 Å². The van der Waals surface area contributed by atoms with Crippen LogP contribution in [0.2, 0.25) is 0 Å². The summed E-state index contributed by atoms with van der Waals surface area (Å²) in [7, 11) is 2.00. The predicted octanol–water partition coefficient (Wildman–Crippen LogP) is 0.629. The van der Waals surface area contributed by atoms with Gasteiger partial charge in [0.15, 0.2) is 0 Å². The summed E-state index contributed by atoms with van der Waals surface area (Å²) in [6.45, 7) is 2.49. The summed E-state index contributed by atoms with van der Waals surface area (Å²) in [5.74, 6) is 0. The second-order valence-corrected chi connectivity index (χ2v) is 2.16. The van der Waals surface area contributed by atoms with E-state index in [0.29, 0.717) is 6.54 Å². The molecule has 0 atom stereocenters. The molecule has 2 nitrogen and oxygen atoms in total. The third-order valence-corrected chi connectivity index (χ3v) is 1.20. The molecule has 0 unspecified atom stereocenters. The van der Waals surface area contributed by atoms with E-state index in [-0.39, 0.29) is 0 Å². The smallest absolute Gasteiger partial charge is 0.0172 e. The van der Waals surface area contributed by atoms with E-state index in [4.69, 9.17) is 17.3 Å². The van der Waals surface area contributed by atoms with Crippen LogP contribution in [0.3, 0.4) is 0 Å². The van der Waals surface area contributed by atoms with Crippen molar-refractivity contribution in [1.82, 2.24) is 4.90 Å². The van der Waals surface area contributed by atoms with Gasteiger partial charge in [0.05, 0.1) is 0 Å². The van der Waals surface area contributed by atoms with Crippen molar-refractivity contribution in [3.8, 4) is 0 Å². The average Bonchev–Trinajstić information content (AvgIpc) is 1.85. The minimum absolute atomic E-state index is 0.701. The SMILES string of the molecule is CN(CC=CCl)CCN. The van der Waals surface area contributed by atoms with E-state index in [0.717, 1.165) is 13.1 Å². The van der Waals surface area contributed by atoms with Gasteiger partial charge >= 0.3 is 0 Å². The van der Waals surface area contributed by atoms with E-state index in [2.05, 4.69) is 4.90 Å². The molecule has 0 aliphatic carbocycles. The zero-order valence-electron chi connectivity index (χ0n) is 5.68. The predicted molar refractivity (Wildman–Crippen MR) is 41.5 cm³/mol. The van der Waals surface area contributed by atoms with Crippen LogP contribution in [0.1, 0.15) is 0 Å². The first-order chi connectivity index (χ1) is 4.31. The molecule has 0 spiro atoms. The van der Waals surface area contributed by atoms with E-state index in [9.17, 15) is 0 Å². The van der Waals surface area contributed by atoms with E-state index >= 15 is 0 Å². The van der Waals surface area contributed by atoms with Gasteiger partial charge in [-0.05, 0) is 7.05 Å². The largest absolute Gasteiger partial charge is 0.329 e. The molecule has 0 amide bonds. The fraction of sp³-hybridized carbons (Fsp3) is 0.667. The Bertz CT molecular complexity index is 83.1. The molecular weight excluding hydrogens is 136 g/mol. The van der Waals surface area contributed by atoms with Crippen LogP contribution in [0.25, 0.3) is 0 Å². The number of nitrogens with zero attached hydrogens (tertiary/aromatic N) is 1. The molecule has 2 N–H and O–H groups in total. The summed E-state index contributed by atoms with van der Waals surface area (Å²) in [4.78, 5) is 2.10. The number of halogens is 1. The minimum Gasteiger partial charge on any atom is -0.329 e. The number of rotatable bonds is 4. The van der Waals surface area contributed by atoms with Gasteiger partial charge in [-0.25, -0.2) is 0 Å². The molecular formula is C6H13ClN2. The molecule has 0 aromatic rings. The highest BCUT2D eigenvalue weighted by Crippen LogP contribution is 1.83. The first kappa shape index (κ1) is 8.95. The summed E-state index contributed by atoms with van der Waals surface area (Å²) < 4.78 is 0. The quantitative estimate of drug-likeness (QED) is 0.634. The minimum atomic E-state index is 0.701. The Kier molecular flexibility index (Phi) is 6.04. The lowest BCUT2D eigenvalue weighted by molar-refractivity contribution is 0.381. The van der Waals surface area contributed by atoms with Gasteiger partial charge in [0.1, 0.15) is 0 Å². The monoisotopic (exact) mass is 148 g/mol. The van der Waals surface area contributed by atoms with Gasteiger partial charge < -0.3 is 10.6 Å². The highest BCUT2D eigenvalue weighted by molar-refractivity contribution is 6.25. The lowest BCUT2D eigenvalue weighted by Gasteiger charge is -2.10. The number of hydrogen-bond donors (Lipinski definition) is 1. The Labute approximate surface area is 61.3 Å². The normalized spacial score (nSPS) is 11.6. The Balaban J connectivity index is 3.15. The first-order valence-corrected chi connectivity index (χ1v) is 3.38. The van der Waals surface area contributed by atoms with Crippen LogP contribution in [0.4, 0.5) is 0 Å². The lowest BCUT2D eigenvalue weighted by Crippen LogP contribution is -2.25. The molecule has 0 saturated carbocycles. The van der Waals surface area contributed by atoms with Crippen molar-refractivity contribution in [3.63, 3.8) is 0 Å². The molecule has 3 heteroatoms. The van der Waals surface area contributed by atoms with E-state index in [1.807, 2.05) is 13.1 Å². The summed E-state index contributed by atoms with van der Waals surface area (Å²) >= 11 is 5.31. The van der Waals surface area contributed by atoms with Crippen molar-refractivity contribution in [2.45, 2.75) is 0 Å². The molecule has 0 aliphatic heterocycles. The number of nitrogens with two attached hydrogens (primary N) is 1. The molecule has 0 saturated heterocycles. The van der Waals surface area contributed by atoms with Gasteiger partial charge in [0.25, 0.3) is 0 Å². The van der Waals surface area contributed by atoms with Crippen molar-refractivity contribution in [1.29, 1.82) is 0 Å². The van der Waals surface area contributed by atoms with Crippen molar-refractivity contribution in [2.24, 2.45) is 5.73 Å². The van der Waals surface area contributed by atoms with Crippen molar-refractivity contribution >= 4 is 11.6 Å². The number of likely N-dealkylation sites (N-methyl/N-ethyl adjacent to an activating group) is 1. The zero-order valence-corrected chi connectivity index (χ0v) is 6.43. The molecule has 0 aromatic heterocycles. The fourth-order valence-electron chi connectivity index (χ4n) is 0.531. The molecule has 0 bridgehead atoms. The van der Waals surface area contributed by atoms with E-state index < -0.39 is 0 Å². The Hall–Kier alpha value is -0.0500. The molecule has 0 heterocycles. The second-order valence-electron chi connectivity index (χ2n) is 1.91. The van der Waals surface area contributed by atoms with Crippen LogP contribution >= 0.6 is 11.6 Å². The molecule has 0 radical (unpaired) electrons. The van der Waals surface area contributed by atoms with Crippen LogP contribution < -0.4 is 5.73 Å². The van der Waals surface area contributed by atoms with Crippen molar-refractivity contribution in [3.05, 3.63) is 11.6 Å². The van der Waals surface area contributed by atoms with E-state index in [1.165, 1.54) is 5.54 Å². The highest BCUT2D eigenvalue weighted by atomic mass is 35.5. The Morgan fingerprint density at radius 2 is 2.33 bits per heavy atom. The zero-order chi connectivity index (χ0) is 7.11. The molecule has 9 heavy (non-hydrogen) atoms. The number of hydrogen-bond acceptors (Lipinski definition) is 2. The van der Waals surface area contributed by atoms with Crippen LogP contribution in [0.15, 0.2) is 11.6 Å². The third-order valence-electron chi connectivity index (χ3n) is 1.02. The van der Waals surface area contributed by atoms with Gasteiger partial charge in [-0.15, -0.1) is 0 Å². The van der Waals surface area contributed by atoms with Crippen LogP contribution in [-0.2, 0) is 0 Å². The van der Waals surface area contributed by atoms with Gasteiger partial charge in [0.2, 0.25) is 0 Å². The van der Waals surface area contributed by atoms with E-state index in [1.54, 1.807) is 0 Å². The molecule has 0 rings (SSSR count). The summed E-state index contributed by atoms with van der Waals surface area (Å²) in [5.41, 5.74) is 6.82. The Morgan fingerprint density at radius 1 is 1.67 bits per heavy atom. The maximum Gasteiger partial charge on any atom is 0.0172 e. The first-order valence-electron chi connectivity index (χ1n) is 2.95. The summed E-state index contributed by atoms with van der Waals surface area (Å²) in [5, 5.41) is 0. The highest BCUT2D eigenvalue weighted by Gasteiger charge is 1.89. The molecule has 0 fully saturated rings. The van der Waals surface area contributed by atoms with Gasteiger partial charge in [-0.3, -0.25) is 0 Å². The Morgan fingerprint density at radius 3 is 2.78 bits per heavy atom. The maximum atomic E-state index is 5.31. The topological polar surface area (TPSA) is 29.3 Å². The second kappa shape index (κ2) is 6.08. The molecule has 54 valence electrons. The van der Waals surface area contributed by atoms with Gasteiger partial charge in [-0.2, -0.15) is 0 Å². The summed E-state index contributed by atoms with van der Waals surface area (Å²) in [6.07, 6.45) is 1.89. The lowest BCUT2D eigenvalue weighted by atomic mass is 10.5. The third kappa shape index (κ3) is 5.83. The molecule has 0 aliphatic rings.